The van der Waals surface area contributed by atoms with Crippen molar-refractivity contribution in [2.24, 2.45) is 0 Å². The van der Waals surface area contributed by atoms with Gasteiger partial charge < -0.3 is 5.32 Å². The van der Waals surface area contributed by atoms with E-state index in [0.29, 0.717) is 23.1 Å². The molecule has 1 aromatic carbocycles. The van der Waals surface area contributed by atoms with Gasteiger partial charge >= 0.3 is 0 Å². The van der Waals surface area contributed by atoms with Crippen molar-refractivity contribution >= 4 is 11.5 Å². The molecule has 2 aromatic heterocycles. The summed E-state index contributed by atoms with van der Waals surface area (Å²) < 4.78 is 1.98. The quantitative estimate of drug-likeness (QED) is 0.521. The average molecular weight is 393 g/mol. The predicted molar refractivity (Wildman–Crippen MR) is 109 cm³/mol. The summed E-state index contributed by atoms with van der Waals surface area (Å²) >= 11 is 0. The van der Waals surface area contributed by atoms with Gasteiger partial charge in [0.25, 0.3) is 5.69 Å². The van der Waals surface area contributed by atoms with Crippen LogP contribution in [-0.4, -0.2) is 35.7 Å². The number of hydrogen-bond acceptors (Lipinski definition) is 7. The number of benzene rings is 1. The van der Waals surface area contributed by atoms with E-state index in [0.717, 1.165) is 36.7 Å². The van der Waals surface area contributed by atoms with E-state index in [1.807, 2.05) is 17.7 Å². The zero-order chi connectivity index (χ0) is 20.5. The summed E-state index contributed by atoms with van der Waals surface area (Å²) in [6, 6.07) is 8.44. The molecular weight excluding hydrogens is 370 g/mol. The van der Waals surface area contributed by atoms with E-state index >= 15 is 0 Å². The van der Waals surface area contributed by atoms with Crippen LogP contribution in [0, 0.1) is 17.0 Å². The van der Waals surface area contributed by atoms with Crippen molar-refractivity contribution in [1.29, 1.82) is 0 Å². The van der Waals surface area contributed by atoms with Crippen molar-refractivity contribution in [3.8, 4) is 11.4 Å². The molecule has 0 aliphatic carbocycles. The molecule has 1 N–H and O–H groups in total. The van der Waals surface area contributed by atoms with Gasteiger partial charge in [-0.2, -0.15) is 5.10 Å². The Labute approximate surface area is 168 Å². The second-order valence-corrected chi connectivity index (χ2v) is 7.63. The number of fused-ring (bicyclic) bond motifs is 1. The van der Waals surface area contributed by atoms with Gasteiger partial charge in [0.2, 0.25) is 0 Å². The first-order valence-corrected chi connectivity index (χ1v) is 9.69. The molecule has 0 radical (unpaired) electrons. The average Bonchev–Trinajstić information content (AvgIpc) is 3.11. The van der Waals surface area contributed by atoms with Gasteiger partial charge in [-0.05, 0) is 13.3 Å². The molecule has 29 heavy (non-hydrogen) atoms. The highest BCUT2D eigenvalue weighted by Gasteiger charge is 2.23. The van der Waals surface area contributed by atoms with Gasteiger partial charge in [-0.3, -0.25) is 10.1 Å². The third-order valence-corrected chi connectivity index (χ3v) is 4.91. The number of hydrogen-bond donors (Lipinski definition) is 1. The summed E-state index contributed by atoms with van der Waals surface area (Å²) in [7, 11) is 0. The molecule has 0 fully saturated rings. The molecule has 0 saturated heterocycles. The molecule has 9 nitrogen and oxygen atoms in total. The minimum atomic E-state index is -0.415. The van der Waals surface area contributed by atoms with Crippen LogP contribution in [0.3, 0.4) is 0 Å². The van der Waals surface area contributed by atoms with Crippen LogP contribution in [0.4, 0.5) is 11.5 Å². The van der Waals surface area contributed by atoms with Gasteiger partial charge in [0.1, 0.15) is 11.6 Å². The highest BCUT2D eigenvalue weighted by molar-refractivity contribution is 5.61. The zero-order valence-electron chi connectivity index (χ0n) is 16.7. The van der Waals surface area contributed by atoms with Crippen molar-refractivity contribution in [3.63, 3.8) is 0 Å². The summed E-state index contributed by atoms with van der Waals surface area (Å²) in [5.74, 6) is 3.39. The maximum absolute atomic E-state index is 11.1. The molecule has 1 unspecified atom stereocenters. The number of anilines is 1. The first-order chi connectivity index (χ1) is 13.9. The van der Waals surface area contributed by atoms with Crippen molar-refractivity contribution in [3.05, 3.63) is 57.8 Å². The Bertz CT molecular complexity index is 1060. The van der Waals surface area contributed by atoms with E-state index in [-0.39, 0.29) is 11.7 Å². The lowest BCUT2D eigenvalue weighted by atomic mass is 10.1. The van der Waals surface area contributed by atoms with E-state index < -0.39 is 4.92 Å². The standard InChI is InChI=1S/C20H23N7O2/c1-12(2)19-24-18-8-7-15(11-26(18)25-19)22-17-9-13(3)21-20(23-17)14-5-4-6-16(10-14)27(28)29/h4-6,9-10,12,15H,7-8,11H2,1-3H3,(H,21,22,23). The Morgan fingerprint density at radius 3 is 2.83 bits per heavy atom. The van der Waals surface area contributed by atoms with Crippen molar-refractivity contribution in [2.75, 3.05) is 5.32 Å². The van der Waals surface area contributed by atoms with Crippen molar-refractivity contribution in [1.82, 2.24) is 24.7 Å². The van der Waals surface area contributed by atoms with Crippen LogP contribution in [0.1, 0.15) is 43.5 Å². The molecule has 1 atom stereocenters. The summed E-state index contributed by atoms with van der Waals surface area (Å²) in [6.07, 6.45) is 1.80. The number of nitro benzene ring substituents is 1. The summed E-state index contributed by atoms with van der Waals surface area (Å²) in [5, 5.41) is 19.2. The van der Waals surface area contributed by atoms with Crippen LogP contribution >= 0.6 is 0 Å². The normalized spacial score (nSPS) is 15.9. The maximum atomic E-state index is 11.1. The van der Waals surface area contributed by atoms with Crippen molar-refractivity contribution < 1.29 is 4.92 Å². The monoisotopic (exact) mass is 393 g/mol. The minimum absolute atomic E-state index is 0.0223. The molecule has 0 saturated carbocycles. The Kier molecular flexibility index (Phi) is 4.96. The van der Waals surface area contributed by atoms with Gasteiger partial charge in [0, 0.05) is 47.8 Å². The lowest BCUT2D eigenvalue weighted by molar-refractivity contribution is -0.384. The molecule has 150 valence electrons. The number of nitro groups is 1. The van der Waals surface area contributed by atoms with E-state index in [1.54, 1.807) is 12.1 Å². The molecule has 1 aliphatic heterocycles. The summed E-state index contributed by atoms with van der Waals surface area (Å²) in [5.41, 5.74) is 1.44. The van der Waals surface area contributed by atoms with Crippen LogP contribution < -0.4 is 5.32 Å². The Balaban J connectivity index is 1.55. The van der Waals surface area contributed by atoms with Crippen LogP contribution in [0.5, 0.6) is 0 Å². The molecule has 9 heteroatoms. The number of non-ortho nitro benzene ring substituents is 1. The largest absolute Gasteiger partial charge is 0.365 e. The topological polar surface area (TPSA) is 112 Å². The predicted octanol–water partition coefficient (Wildman–Crippen LogP) is 3.50. The molecule has 1 aliphatic rings. The fourth-order valence-electron chi connectivity index (χ4n) is 3.43. The minimum Gasteiger partial charge on any atom is -0.365 e. The van der Waals surface area contributed by atoms with Gasteiger partial charge in [-0.25, -0.2) is 19.6 Å². The summed E-state index contributed by atoms with van der Waals surface area (Å²) in [4.78, 5) is 24.3. The van der Waals surface area contributed by atoms with Crippen LogP contribution in [0.25, 0.3) is 11.4 Å². The van der Waals surface area contributed by atoms with E-state index in [1.165, 1.54) is 12.1 Å². The van der Waals surface area contributed by atoms with Gasteiger partial charge in [0.15, 0.2) is 11.6 Å². The Morgan fingerprint density at radius 2 is 2.07 bits per heavy atom. The van der Waals surface area contributed by atoms with E-state index in [4.69, 9.17) is 0 Å². The molecule has 3 aromatic rings. The second-order valence-electron chi connectivity index (χ2n) is 7.63. The Morgan fingerprint density at radius 1 is 1.24 bits per heavy atom. The van der Waals surface area contributed by atoms with Gasteiger partial charge in [0.05, 0.1) is 11.5 Å². The fraction of sp³-hybridized carbons (Fsp3) is 0.400. The Hall–Kier alpha value is -3.36. The summed E-state index contributed by atoms with van der Waals surface area (Å²) in [6.45, 7) is 6.80. The molecule has 0 amide bonds. The van der Waals surface area contributed by atoms with Crippen LogP contribution in [0.2, 0.25) is 0 Å². The lowest BCUT2D eigenvalue weighted by Crippen LogP contribution is -2.32. The SMILES string of the molecule is Cc1cc(NC2CCc3nc(C(C)C)nn3C2)nc(-c2cccc([N+](=O)[O-])c2)n1. The highest BCUT2D eigenvalue weighted by atomic mass is 16.6. The molecule has 0 bridgehead atoms. The van der Waals surface area contributed by atoms with Gasteiger partial charge in [-0.1, -0.05) is 26.0 Å². The number of nitrogens with zero attached hydrogens (tertiary/aromatic N) is 6. The van der Waals surface area contributed by atoms with E-state index in [9.17, 15) is 10.1 Å². The number of aryl methyl sites for hydroxylation is 2. The maximum Gasteiger partial charge on any atom is 0.270 e. The fourth-order valence-corrected chi connectivity index (χ4v) is 3.43. The lowest BCUT2D eigenvalue weighted by Gasteiger charge is -2.24. The number of nitrogens with one attached hydrogen (secondary N) is 1. The third kappa shape index (κ3) is 4.08. The smallest absolute Gasteiger partial charge is 0.270 e. The van der Waals surface area contributed by atoms with Crippen LogP contribution in [0.15, 0.2) is 30.3 Å². The first-order valence-electron chi connectivity index (χ1n) is 9.69. The van der Waals surface area contributed by atoms with Gasteiger partial charge in [-0.15, -0.1) is 0 Å². The molecule has 0 spiro atoms. The van der Waals surface area contributed by atoms with Crippen molar-refractivity contribution in [2.45, 2.75) is 52.1 Å². The number of rotatable bonds is 5. The molecule has 3 heterocycles. The third-order valence-electron chi connectivity index (χ3n) is 4.91. The number of aromatic nitrogens is 5. The molecule has 4 rings (SSSR count). The van der Waals surface area contributed by atoms with Crippen LogP contribution in [-0.2, 0) is 13.0 Å². The highest BCUT2D eigenvalue weighted by Crippen LogP contribution is 2.24. The molecular formula is C20H23N7O2. The zero-order valence-corrected chi connectivity index (χ0v) is 16.7. The first kappa shape index (κ1) is 19.0. The van der Waals surface area contributed by atoms with E-state index in [2.05, 4.69) is 39.2 Å². The second kappa shape index (κ2) is 7.57.